The van der Waals surface area contributed by atoms with E-state index < -0.39 is 23.0 Å². The number of nitrogens with two attached hydrogens (primary N) is 1. The molecule has 0 saturated carbocycles. The SMILES string of the molecule is Cc1ccc(F)c(C(=O)c2cn[nH]c2N)c1F. The molecular formula is C11H9F2N3O. The van der Waals surface area contributed by atoms with E-state index in [1.807, 2.05) is 0 Å². The minimum atomic E-state index is -0.918. The third-order valence-corrected chi connectivity index (χ3v) is 2.42. The molecule has 0 unspecified atom stereocenters. The van der Waals surface area contributed by atoms with Gasteiger partial charge in [0.15, 0.2) is 0 Å². The van der Waals surface area contributed by atoms with Crippen molar-refractivity contribution in [1.82, 2.24) is 10.2 Å². The highest BCUT2D eigenvalue weighted by Crippen LogP contribution is 2.21. The first-order valence-corrected chi connectivity index (χ1v) is 4.80. The van der Waals surface area contributed by atoms with E-state index in [4.69, 9.17) is 5.73 Å². The number of halogens is 2. The summed E-state index contributed by atoms with van der Waals surface area (Å²) in [4.78, 5) is 11.9. The highest BCUT2D eigenvalue weighted by Gasteiger charge is 2.23. The number of rotatable bonds is 2. The number of aromatic nitrogens is 2. The van der Waals surface area contributed by atoms with Gasteiger partial charge in [0.25, 0.3) is 0 Å². The standard InChI is InChI=1S/C11H9F2N3O/c1-5-2-3-7(12)8(9(5)13)10(17)6-4-15-16-11(6)14/h2-4H,1H3,(H3,14,15,16). The number of hydrogen-bond acceptors (Lipinski definition) is 3. The van der Waals surface area contributed by atoms with Crippen molar-refractivity contribution in [3.63, 3.8) is 0 Å². The van der Waals surface area contributed by atoms with Crippen molar-refractivity contribution in [2.75, 3.05) is 5.73 Å². The Labute approximate surface area is 95.4 Å². The number of benzene rings is 1. The lowest BCUT2D eigenvalue weighted by Gasteiger charge is -2.05. The zero-order valence-electron chi connectivity index (χ0n) is 8.92. The van der Waals surface area contributed by atoms with Gasteiger partial charge in [-0.25, -0.2) is 8.78 Å². The Bertz CT molecular complexity index is 592. The molecule has 0 radical (unpaired) electrons. The Hall–Kier alpha value is -2.24. The fraction of sp³-hybridized carbons (Fsp3) is 0.0909. The average molecular weight is 237 g/mol. The third-order valence-electron chi connectivity index (χ3n) is 2.42. The number of hydrogen-bond donors (Lipinski definition) is 2. The molecule has 2 aromatic rings. The zero-order chi connectivity index (χ0) is 12.6. The van der Waals surface area contributed by atoms with Gasteiger partial charge in [-0.15, -0.1) is 0 Å². The summed E-state index contributed by atoms with van der Waals surface area (Å²) in [5.74, 6) is -2.64. The van der Waals surface area contributed by atoms with Gasteiger partial charge in [0.1, 0.15) is 17.5 Å². The lowest BCUT2D eigenvalue weighted by Crippen LogP contribution is -2.10. The van der Waals surface area contributed by atoms with Crippen molar-refractivity contribution in [3.8, 4) is 0 Å². The number of nitrogens with zero attached hydrogens (tertiary/aromatic N) is 1. The van der Waals surface area contributed by atoms with Crippen molar-refractivity contribution in [1.29, 1.82) is 0 Å². The maximum Gasteiger partial charge on any atom is 0.204 e. The molecule has 1 aromatic carbocycles. The Kier molecular flexibility index (Phi) is 2.63. The van der Waals surface area contributed by atoms with Crippen LogP contribution in [0.1, 0.15) is 21.5 Å². The minimum absolute atomic E-state index is 0.0182. The van der Waals surface area contributed by atoms with Crippen LogP contribution in [0.5, 0.6) is 0 Å². The van der Waals surface area contributed by atoms with Crippen molar-refractivity contribution >= 4 is 11.6 Å². The van der Waals surface area contributed by atoms with Gasteiger partial charge in [0, 0.05) is 0 Å². The summed E-state index contributed by atoms with van der Waals surface area (Å²) in [5, 5.41) is 5.87. The number of ketones is 1. The number of anilines is 1. The third kappa shape index (κ3) is 1.77. The van der Waals surface area contributed by atoms with Crippen LogP contribution in [-0.4, -0.2) is 16.0 Å². The molecule has 88 valence electrons. The fourth-order valence-corrected chi connectivity index (χ4v) is 1.48. The Balaban J connectivity index is 2.59. The minimum Gasteiger partial charge on any atom is -0.383 e. The predicted octanol–water partition coefficient (Wildman–Crippen LogP) is 1.81. The van der Waals surface area contributed by atoms with Crippen molar-refractivity contribution in [2.45, 2.75) is 6.92 Å². The van der Waals surface area contributed by atoms with E-state index in [1.165, 1.54) is 13.0 Å². The van der Waals surface area contributed by atoms with Gasteiger partial charge in [0.2, 0.25) is 5.78 Å². The van der Waals surface area contributed by atoms with Gasteiger partial charge in [-0.05, 0) is 18.6 Å². The molecule has 0 aliphatic carbocycles. The normalized spacial score (nSPS) is 10.5. The summed E-state index contributed by atoms with van der Waals surface area (Å²) in [6.07, 6.45) is 1.14. The quantitative estimate of drug-likeness (QED) is 0.782. The molecule has 4 nitrogen and oxygen atoms in total. The second kappa shape index (κ2) is 3.97. The topological polar surface area (TPSA) is 71.8 Å². The first-order valence-electron chi connectivity index (χ1n) is 4.80. The number of aryl methyl sites for hydroxylation is 1. The van der Waals surface area contributed by atoms with E-state index in [0.29, 0.717) is 0 Å². The molecule has 3 N–H and O–H groups in total. The van der Waals surface area contributed by atoms with E-state index >= 15 is 0 Å². The molecule has 0 amide bonds. The highest BCUT2D eigenvalue weighted by molar-refractivity contribution is 6.11. The second-order valence-corrected chi connectivity index (χ2v) is 3.58. The van der Waals surface area contributed by atoms with E-state index in [1.54, 1.807) is 0 Å². The number of aromatic amines is 1. The first kappa shape index (κ1) is 11.3. The Morgan fingerprint density at radius 2 is 2.12 bits per heavy atom. The Morgan fingerprint density at radius 3 is 2.71 bits per heavy atom. The van der Waals surface area contributed by atoms with Crippen LogP contribution in [0.4, 0.5) is 14.6 Å². The summed E-state index contributed by atoms with van der Waals surface area (Å²) in [6.45, 7) is 1.45. The van der Waals surface area contributed by atoms with Crippen LogP contribution < -0.4 is 5.73 Å². The van der Waals surface area contributed by atoms with E-state index in [9.17, 15) is 13.6 Å². The largest absolute Gasteiger partial charge is 0.383 e. The molecule has 17 heavy (non-hydrogen) atoms. The smallest absolute Gasteiger partial charge is 0.204 e. The maximum absolute atomic E-state index is 13.7. The summed E-state index contributed by atoms with van der Waals surface area (Å²) in [5.41, 5.74) is 4.96. The number of nitrogens with one attached hydrogen (secondary N) is 1. The predicted molar refractivity (Wildman–Crippen MR) is 57.5 cm³/mol. The molecule has 0 atom stereocenters. The number of nitrogen functional groups attached to an aromatic ring is 1. The fourth-order valence-electron chi connectivity index (χ4n) is 1.48. The lowest BCUT2D eigenvalue weighted by atomic mass is 10.0. The van der Waals surface area contributed by atoms with Gasteiger partial charge in [-0.2, -0.15) is 5.10 Å². The molecule has 2 rings (SSSR count). The summed E-state index contributed by atoms with van der Waals surface area (Å²) >= 11 is 0. The summed E-state index contributed by atoms with van der Waals surface area (Å²) in [6, 6.07) is 2.31. The Morgan fingerprint density at radius 1 is 1.41 bits per heavy atom. The number of H-pyrrole nitrogens is 1. The van der Waals surface area contributed by atoms with Crippen molar-refractivity contribution < 1.29 is 13.6 Å². The van der Waals surface area contributed by atoms with Crippen LogP contribution in [0.25, 0.3) is 0 Å². The van der Waals surface area contributed by atoms with E-state index in [-0.39, 0.29) is 16.9 Å². The molecule has 0 bridgehead atoms. The van der Waals surface area contributed by atoms with Gasteiger partial charge in [-0.3, -0.25) is 9.89 Å². The molecule has 0 fully saturated rings. The maximum atomic E-state index is 13.7. The van der Waals surface area contributed by atoms with E-state index in [2.05, 4.69) is 10.2 Å². The van der Waals surface area contributed by atoms with Gasteiger partial charge in [-0.1, -0.05) is 6.07 Å². The van der Waals surface area contributed by atoms with Crippen LogP contribution in [0.3, 0.4) is 0 Å². The van der Waals surface area contributed by atoms with E-state index in [0.717, 1.165) is 12.3 Å². The first-order chi connectivity index (χ1) is 8.02. The van der Waals surface area contributed by atoms with Gasteiger partial charge in [0.05, 0.1) is 17.3 Å². The van der Waals surface area contributed by atoms with Crippen LogP contribution in [0.2, 0.25) is 0 Å². The molecule has 0 saturated heterocycles. The molecule has 0 aliphatic rings. The average Bonchev–Trinajstić information content (AvgIpc) is 2.70. The van der Waals surface area contributed by atoms with Gasteiger partial charge < -0.3 is 5.73 Å². The number of carbonyl (C=O) groups is 1. The van der Waals surface area contributed by atoms with Crippen LogP contribution >= 0.6 is 0 Å². The van der Waals surface area contributed by atoms with Crippen LogP contribution in [0.15, 0.2) is 18.3 Å². The van der Waals surface area contributed by atoms with Gasteiger partial charge >= 0.3 is 0 Å². The monoisotopic (exact) mass is 237 g/mol. The molecule has 6 heteroatoms. The molecule has 1 aromatic heterocycles. The van der Waals surface area contributed by atoms with Crippen molar-refractivity contribution in [3.05, 3.63) is 46.7 Å². The molecule has 0 spiro atoms. The molecule has 0 aliphatic heterocycles. The lowest BCUT2D eigenvalue weighted by molar-refractivity contribution is 0.103. The van der Waals surface area contributed by atoms with Crippen molar-refractivity contribution in [2.24, 2.45) is 0 Å². The molecular weight excluding hydrogens is 228 g/mol. The summed E-state index contributed by atoms with van der Waals surface area (Å²) in [7, 11) is 0. The van der Waals surface area contributed by atoms with Crippen LogP contribution in [0, 0.1) is 18.6 Å². The summed E-state index contributed by atoms with van der Waals surface area (Å²) < 4.78 is 27.2. The second-order valence-electron chi connectivity index (χ2n) is 3.58. The highest BCUT2D eigenvalue weighted by atomic mass is 19.1. The zero-order valence-corrected chi connectivity index (χ0v) is 8.92. The number of carbonyl (C=O) groups excluding carboxylic acids is 1. The van der Waals surface area contributed by atoms with Crippen LogP contribution in [-0.2, 0) is 0 Å². The molecule has 1 heterocycles.